The lowest BCUT2D eigenvalue weighted by Gasteiger charge is -2.26. The molecule has 1 atom stereocenters. The molecule has 3 heterocycles. The van der Waals surface area contributed by atoms with E-state index in [4.69, 9.17) is 9.47 Å². The molecule has 0 unspecified atom stereocenters. The van der Waals surface area contributed by atoms with Gasteiger partial charge in [0.05, 0.1) is 36.5 Å². The molecule has 0 saturated carbocycles. The minimum absolute atomic E-state index is 0.00290. The van der Waals surface area contributed by atoms with Crippen molar-refractivity contribution >= 4 is 16.9 Å². The molecule has 2 aromatic carbocycles. The highest BCUT2D eigenvalue weighted by molar-refractivity contribution is 5.80. The smallest absolute Gasteiger partial charge is 0.269 e. The summed E-state index contributed by atoms with van der Waals surface area (Å²) in [4.78, 5) is 31.7. The van der Waals surface area contributed by atoms with Crippen LogP contribution in [0.15, 0.2) is 53.5 Å². The largest absolute Gasteiger partial charge is 0.490 e. The highest BCUT2D eigenvalue weighted by atomic mass is 16.5. The number of carbonyl (C=O) groups is 1. The fourth-order valence-electron chi connectivity index (χ4n) is 4.30. The Balaban J connectivity index is 1.42. The van der Waals surface area contributed by atoms with E-state index < -0.39 is 0 Å². The van der Waals surface area contributed by atoms with Crippen molar-refractivity contribution in [3.8, 4) is 11.5 Å². The minimum Gasteiger partial charge on any atom is -0.490 e. The van der Waals surface area contributed by atoms with Gasteiger partial charge < -0.3 is 14.4 Å². The van der Waals surface area contributed by atoms with E-state index in [1.54, 1.807) is 0 Å². The maximum Gasteiger partial charge on any atom is 0.269 e. The van der Waals surface area contributed by atoms with E-state index in [-0.39, 0.29) is 24.1 Å². The van der Waals surface area contributed by atoms with E-state index in [9.17, 15) is 9.59 Å². The molecule has 0 aliphatic carbocycles. The van der Waals surface area contributed by atoms with Gasteiger partial charge >= 0.3 is 0 Å². The number of ether oxygens (including phenoxy) is 2. The Hall–Kier alpha value is -3.35. The molecule has 7 nitrogen and oxygen atoms in total. The second-order valence-electron chi connectivity index (χ2n) is 7.67. The lowest BCUT2D eigenvalue weighted by molar-refractivity contribution is -0.132. The van der Waals surface area contributed by atoms with Crippen LogP contribution < -0.4 is 15.0 Å². The van der Waals surface area contributed by atoms with Crippen LogP contribution in [0.4, 0.5) is 0 Å². The van der Waals surface area contributed by atoms with E-state index in [0.717, 1.165) is 36.3 Å². The number of benzene rings is 2. The molecular formula is C23H23N3O4. The van der Waals surface area contributed by atoms with Gasteiger partial charge in [-0.2, -0.15) is 0 Å². The number of carbonyl (C=O) groups excluding carboxylic acids is 1. The van der Waals surface area contributed by atoms with E-state index in [1.165, 1.54) is 10.8 Å². The summed E-state index contributed by atoms with van der Waals surface area (Å²) in [5.41, 5.74) is 2.14. The van der Waals surface area contributed by atoms with E-state index in [0.29, 0.717) is 30.8 Å². The van der Waals surface area contributed by atoms with Gasteiger partial charge in [-0.1, -0.05) is 18.2 Å². The van der Waals surface area contributed by atoms with Crippen molar-refractivity contribution in [3.63, 3.8) is 0 Å². The molecule has 5 rings (SSSR count). The second-order valence-corrected chi connectivity index (χ2v) is 7.67. The Kier molecular flexibility index (Phi) is 4.86. The molecule has 3 aromatic rings. The third-order valence-electron chi connectivity index (χ3n) is 5.78. The van der Waals surface area contributed by atoms with Crippen LogP contribution >= 0.6 is 0 Å². The van der Waals surface area contributed by atoms with Crippen LogP contribution in [-0.4, -0.2) is 40.1 Å². The number of hydrogen-bond acceptors (Lipinski definition) is 5. The quantitative estimate of drug-likeness (QED) is 0.670. The summed E-state index contributed by atoms with van der Waals surface area (Å²) in [7, 11) is 0. The maximum absolute atomic E-state index is 13.2. The molecule has 1 aromatic heterocycles. The number of hydrogen-bond donors (Lipinski definition) is 0. The molecule has 154 valence electrons. The molecule has 2 aliphatic heterocycles. The zero-order valence-electron chi connectivity index (χ0n) is 16.6. The summed E-state index contributed by atoms with van der Waals surface area (Å²) in [5.74, 6) is 1.42. The maximum atomic E-state index is 13.2. The summed E-state index contributed by atoms with van der Waals surface area (Å²) >= 11 is 0. The van der Waals surface area contributed by atoms with Crippen LogP contribution in [0.3, 0.4) is 0 Å². The molecule has 0 N–H and O–H groups in total. The van der Waals surface area contributed by atoms with E-state index >= 15 is 0 Å². The summed E-state index contributed by atoms with van der Waals surface area (Å²) in [6.07, 6.45) is 3.95. The zero-order chi connectivity index (χ0) is 20.5. The average Bonchev–Trinajstić information content (AvgIpc) is 3.14. The Morgan fingerprint density at radius 3 is 2.80 bits per heavy atom. The number of fused-ring (bicyclic) bond motifs is 2. The number of aromatic nitrogens is 2. The van der Waals surface area contributed by atoms with E-state index in [2.05, 4.69) is 4.98 Å². The van der Waals surface area contributed by atoms with Crippen molar-refractivity contribution in [1.29, 1.82) is 0 Å². The van der Waals surface area contributed by atoms with Crippen molar-refractivity contribution in [2.24, 2.45) is 0 Å². The third kappa shape index (κ3) is 3.40. The first kappa shape index (κ1) is 18.7. The van der Waals surface area contributed by atoms with Gasteiger partial charge in [0.1, 0.15) is 6.54 Å². The van der Waals surface area contributed by atoms with Crippen LogP contribution in [0.1, 0.15) is 30.9 Å². The van der Waals surface area contributed by atoms with Crippen LogP contribution in [0, 0.1) is 0 Å². The first-order chi connectivity index (χ1) is 14.7. The van der Waals surface area contributed by atoms with Gasteiger partial charge in [-0.25, -0.2) is 4.98 Å². The fourth-order valence-corrected chi connectivity index (χ4v) is 4.30. The minimum atomic E-state index is -0.270. The Morgan fingerprint density at radius 1 is 1.07 bits per heavy atom. The number of rotatable bonds is 3. The van der Waals surface area contributed by atoms with Gasteiger partial charge in [-0.05, 0) is 42.7 Å². The molecule has 7 heteroatoms. The standard InChI is InChI=1S/C23H23N3O4/c27-22-14-24-17-5-1-2-6-19(17)26(22)15-23(28)25-10-3-7-18(25)16-8-9-20-21(13-16)30-12-4-11-29-20/h1-2,5-6,8-9,13-14,18H,3-4,7,10-12,15H2/t18-/m1/s1. The average molecular weight is 405 g/mol. The van der Waals surface area contributed by atoms with Crippen LogP contribution in [0.2, 0.25) is 0 Å². The highest BCUT2D eigenvalue weighted by Crippen LogP contribution is 2.38. The molecular weight excluding hydrogens is 382 g/mol. The summed E-state index contributed by atoms with van der Waals surface area (Å²) in [6, 6.07) is 13.3. The van der Waals surface area contributed by atoms with Crippen molar-refractivity contribution in [2.75, 3.05) is 19.8 Å². The summed E-state index contributed by atoms with van der Waals surface area (Å²) in [5, 5.41) is 0. The van der Waals surface area contributed by atoms with E-state index in [1.807, 2.05) is 47.4 Å². The first-order valence-corrected chi connectivity index (χ1v) is 10.3. The monoisotopic (exact) mass is 405 g/mol. The van der Waals surface area contributed by atoms with Crippen LogP contribution in [0.25, 0.3) is 11.0 Å². The Morgan fingerprint density at radius 2 is 1.90 bits per heavy atom. The summed E-state index contributed by atoms with van der Waals surface area (Å²) in [6.45, 7) is 1.95. The Labute approximate surface area is 173 Å². The molecule has 0 bridgehead atoms. The van der Waals surface area contributed by atoms with Crippen molar-refractivity contribution in [3.05, 3.63) is 64.6 Å². The van der Waals surface area contributed by atoms with Gasteiger partial charge in [0.2, 0.25) is 5.91 Å². The third-order valence-corrected chi connectivity index (χ3v) is 5.78. The zero-order valence-corrected chi connectivity index (χ0v) is 16.6. The molecule has 0 radical (unpaired) electrons. The van der Waals surface area contributed by atoms with Gasteiger partial charge in [0.15, 0.2) is 11.5 Å². The van der Waals surface area contributed by atoms with Crippen LogP contribution in [-0.2, 0) is 11.3 Å². The first-order valence-electron chi connectivity index (χ1n) is 10.3. The number of para-hydroxylation sites is 2. The lowest BCUT2D eigenvalue weighted by atomic mass is 10.0. The molecule has 0 spiro atoms. The highest BCUT2D eigenvalue weighted by Gasteiger charge is 2.31. The number of likely N-dealkylation sites (tertiary alicyclic amines) is 1. The fraction of sp³-hybridized carbons (Fsp3) is 0.348. The molecule has 1 saturated heterocycles. The van der Waals surface area contributed by atoms with Gasteiger partial charge in [-0.15, -0.1) is 0 Å². The van der Waals surface area contributed by atoms with Crippen molar-refractivity contribution in [1.82, 2.24) is 14.5 Å². The second kappa shape index (κ2) is 7.82. The number of nitrogens with zero attached hydrogens (tertiary/aromatic N) is 3. The van der Waals surface area contributed by atoms with Crippen molar-refractivity contribution in [2.45, 2.75) is 31.8 Å². The number of amides is 1. The normalized spacial score (nSPS) is 18.4. The SMILES string of the molecule is O=C(Cn1c(=O)cnc2ccccc21)N1CCC[C@@H]1c1ccc2c(c1)OCCCO2. The van der Waals surface area contributed by atoms with Gasteiger partial charge in [-0.3, -0.25) is 14.2 Å². The van der Waals surface area contributed by atoms with Gasteiger partial charge in [0, 0.05) is 13.0 Å². The predicted octanol–water partition coefficient (Wildman–Crippen LogP) is 2.92. The molecule has 2 aliphatic rings. The van der Waals surface area contributed by atoms with Crippen LogP contribution in [0.5, 0.6) is 11.5 Å². The van der Waals surface area contributed by atoms with Gasteiger partial charge in [0.25, 0.3) is 5.56 Å². The van der Waals surface area contributed by atoms with Crippen molar-refractivity contribution < 1.29 is 14.3 Å². The molecule has 30 heavy (non-hydrogen) atoms. The summed E-state index contributed by atoms with van der Waals surface area (Å²) < 4.78 is 13.1. The lowest BCUT2D eigenvalue weighted by Crippen LogP contribution is -2.36. The molecule has 1 fully saturated rings. The Bertz CT molecular complexity index is 1160. The molecule has 1 amide bonds. The predicted molar refractivity (Wildman–Crippen MR) is 112 cm³/mol. The topological polar surface area (TPSA) is 73.7 Å².